The molecule has 106 valence electrons. The van der Waals surface area contributed by atoms with E-state index in [0.29, 0.717) is 15.1 Å². The number of anilines is 1. The zero-order valence-electron chi connectivity index (χ0n) is 10.8. The minimum atomic E-state index is -0.0142. The summed E-state index contributed by atoms with van der Waals surface area (Å²) in [5.41, 5.74) is 2.87. The molecule has 0 saturated carbocycles. The van der Waals surface area contributed by atoms with Gasteiger partial charge in [0.05, 0.1) is 33.0 Å². The Bertz CT molecular complexity index is 647. The molecule has 0 aliphatic carbocycles. The van der Waals surface area contributed by atoms with E-state index in [0.717, 1.165) is 21.4 Å². The molecule has 1 aromatic heterocycles. The van der Waals surface area contributed by atoms with E-state index in [9.17, 15) is 0 Å². The summed E-state index contributed by atoms with van der Waals surface area (Å²) in [4.78, 5) is 4.25. The third-order valence-corrected chi connectivity index (χ3v) is 5.07. The summed E-state index contributed by atoms with van der Waals surface area (Å²) in [6.45, 7) is 3.99. The first-order chi connectivity index (χ1) is 9.40. The molecule has 1 heterocycles. The van der Waals surface area contributed by atoms with Crippen LogP contribution in [0.25, 0.3) is 0 Å². The number of hydrogen-bond acceptors (Lipinski definition) is 2. The second-order valence-electron chi connectivity index (χ2n) is 4.46. The largest absolute Gasteiger partial charge is 0.377 e. The number of halogens is 4. The highest BCUT2D eigenvalue weighted by Crippen LogP contribution is 2.36. The van der Waals surface area contributed by atoms with Crippen LogP contribution in [0.15, 0.2) is 29.0 Å². The van der Waals surface area contributed by atoms with E-state index in [1.807, 2.05) is 26.0 Å². The predicted octanol–water partition coefficient (Wildman–Crippen LogP) is 6.29. The Balaban J connectivity index is 2.26. The van der Waals surface area contributed by atoms with Crippen molar-refractivity contribution in [1.29, 1.82) is 0 Å². The first-order valence-corrected chi connectivity index (χ1v) is 7.85. The maximum absolute atomic E-state index is 6.24. The molecule has 1 N–H and O–H groups in total. The molecule has 0 fully saturated rings. The van der Waals surface area contributed by atoms with Crippen LogP contribution < -0.4 is 5.32 Å². The van der Waals surface area contributed by atoms with Gasteiger partial charge >= 0.3 is 0 Å². The van der Waals surface area contributed by atoms with Crippen molar-refractivity contribution in [2.24, 2.45) is 0 Å². The van der Waals surface area contributed by atoms with Gasteiger partial charge < -0.3 is 5.32 Å². The van der Waals surface area contributed by atoms with Gasteiger partial charge in [0.2, 0.25) is 0 Å². The van der Waals surface area contributed by atoms with Gasteiger partial charge in [0.25, 0.3) is 0 Å². The lowest BCUT2D eigenvalue weighted by molar-refractivity contribution is 0.882. The van der Waals surface area contributed by atoms with Crippen molar-refractivity contribution in [3.05, 3.63) is 55.2 Å². The van der Waals surface area contributed by atoms with Gasteiger partial charge in [-0.25, -0.2) is 4.98 Å². The van der Waals surface area contributed by atoms with Crippen LogP contribution in [0.1, 0.15) is 24.1 Å². The summed E-state index contributed by atoms with van der Waals surface area (Å²) in [6, 6.07) is 5.61. The molecule has 20 heavy (non-hydrogen) atoms. The molecule has 2 rings (SSSR count). The molecule has 0 aliphatic rings. The maximum Gasteiger partial charge on any atom is 0.109 e. The lowest BCUT2D eigenvalue weighted by atomic mass is 10.1. The van der Waals surface area contributed by atoms with Gasteiger partial charge in [-0.2, -0.15) is 0 Å². The Morgan fingerprint density at radius 2 is 1.90 bits per heavy atom. The lowest BCUT2D eigenvalue weighted by Gasteiger charge is -2.18. The smallest absolute Gasteiger partial charge is 0.109 e. The lowest BCUT2D eigenvalue weighted by Crippen LogP contribution is -2.08. The van der Waals surface area contributed by atoms with Crippen LogP contribution in [0.4, 0.5) is 5.69 Å². The number of aryl methyl sites for hydroxylation is 1. The molecule has 0 saturated heterocycles. The van der Waals surface area contributed by atoms with Crippen LogP contribution in [-0.2, 0) is 0 Å². The van der Waals surface area contributed by atoms with E-state index >= 15 is 0 Å². The molecule has 0 aliphatic heterocycles. The van der Waals surface area contributed by atoms with Crippen LogP contribution in [0, 0.1) is 6.92 Å². The number of aromatic nitrogens is 1. The van der Waals surface area contributed by atoms with E-state index in [1.165, 1.54) is 0 Å². The summed E-state index contributed by atoms with van der Waals surface area (Å²) < 4.78 is 0.836. The van der Waals surface area contributed by atoms with Gasteiger partial charge in [0, 0.05) is 0 Å². The molecule has 1 atom stereocenters. The zero-order chi connectivity index (χ0) is 14.9. The molecule has 1 aromatic carbocycles. The number of benzene rings is 1. The topological polar surface area (TPSA) is 24.9 Å². The average molecular weight is 395 g/mol. The predicted molar refractivity (Wildman–Crippen MR) is 90.2 cm³/mol. The quantitative estimate of drug-likeness (QED) is 0.489. The first kappa shape index (κ1) is 15.9. The molecule has 0 spiro atoms. The fraction of sp³-hybridized carbons (Fsp3) is 0.214. The molecular weight excluding hydrogens is 382 g/mol. The Hall–Kier alpha value is -0.480. The van der Waals surface area contributed by atoms with Crippen molar-refractivity contribution in [2.45, 2.75) is 19.9 Å². The van der Waals surface area contributed by atoms with Crippen molar-refractivity contribution in [2.75, 3.05) is 5.32 Å². The molecule has 0 radical (unpaired) electrons. The summed E-state index contributed by atoms with van der Waals surface area (Å²) in [6.07, 6.45) is 1.76. The Morgan fingerprint density at radius 1 is 1.20 bits per heavy atom. The minimum absolute atomic E-state index is 0.0142. The molecule has 2 nitrogen and oxygen atoms in total. The van der Waals surface area contributed by atoms with Gasteiger partial charge in [-0.15, -0.1) is 0 Å². The van der Waals surface area contributed by atoms with Crippen LogP contribution in [-0.4, -0.2) is 4.98 Å². The van der Waals surface area contributed by atoms with Gasteiger partial charge in [-0.3, -0.25) is 0 Å². The first-order valence-electron chi connectivity index (χ1n) is 5.92. The number of hydrogen-bond donors (Lipinski definition) is 1. The van der Waals surface area contributed by atoms with Crippen molar-refractivity contribution >= 4 is 56.4 Å². The molecule has 0 amide bonds. The van der Waals surface area contributed by atoms with E-state index in [2.05, 4.69) is 26.2 Å². The highest BCUT2D eigenvalue weighted by atomic mass is 79.9. The van der Waals surface area contributed by atoms with Crippen LogP contribution in [0.2, 0.25) is 15.1 Å². The SMILES string of the molecule is Cc1cc(NC(C)c2ccc(Cl)c(Cl)c2Cl)cnc1Br. The third-order valence-electron chi connectivity index (χ3n) is 2.93. The van der Waals surface area contributed by atoms with E-state index in [1.54, 1.807) is 12.3 Å². The number of pyridine rings is 1. The van der Waals surface area contributed by atoms with Crippen LogP contribution >= 0.6 is 50.7 Å². The van der Waals surface area contributed by atoms with Gasteiger partial charge in [-0.05, 0) is 53.0 Å². The Kier molecular flexibility index (Phi) is 5.19. The third kappa shape index (κ3) is 3.40. The summed E-state index contributed by atoms with van der Waals surface area (Å²) in [7, 11) is 0. The summed E-state index contributed by atoms with van der Waals surface area (Å²) >= 11 is 21.6. The monoisotopic (exact) mass is 392 g/mol. The summed E-state index contributed by atoms with van der Waals surface area (Å²) in [5, 5.41) is 4.65. The minimum Gasteiger partial charge on any atom is -0.377 e. The molecule has 2 aromatic rings. The van der Waals surface area contributed by atoms with Crippen molar-refractivity contribution < 1.29 is 0 Å². The van der Waals surface area contributed by atoms with Crippen molar-refractivity contribution in [1.82, 2.24) is 4.98 Å². The fourth-order valence-electron chi connectivity index (χ4n) is 1.84. The van der Waals surface area contributed by atoms with Crippen LogP contribution in [0.3, 0.4) is 0 Å². The molecule has 0 bridgehead atoms. The standard InChI is InChI=1S/C14H12BrCl3N2/c1-7-5-9(6-19-14(7)15)20-8(2)10-3-4-11(16)13(18)12(10)17/h3-6,8,20H,1-2H3. The maximum atomic E-state index is 6.24. The van der Waals surface area contributed by atoms with Gasteiger partial charge in [0.15, 0.2) is 0 Å². The molecule has 1 unspecified atom stereocenters. The number of nitrogens with zero attached hydrogens (tertiary/aromatic N) is 1. The molecular formula is C14H12BrCl3N2. The van der Waals surface area contributed by atoms with Crippen LogP contribution in [0.5, 0.6) is 0 Å². The molecule has 6 heteroatoms. The highest BCUT2D eigenvalue weighted by Gasteiger charge is 2.14. The summed E-state index contributed by atoms with van der Waals surface area (Å²) in [5.74, 6) is 0. The fourth-order valence-corrected chi connectivity index (χ4v) is 2.76. The number of rotatable bonds is 3. The highest BCUT2D eigenvalue weighted by molar-refractivity contribution is 9.10. The van der Waals surface area contributed by atoms with Crippen molar-refractivity contribution in [3.8, 4) is 0 Å². The van der Waals surface area contributed by atoms with E-state index in [-0.39, 0.29) is 6.04 Å². The number of nitrogens with one attached hydrogen (secondary N) is 1. The zero-order valence-corrected chi connectivity index (χ0v) is 14.7. The second-order valence-corrected chi connectivity index (χ2v) is 6.38. The average Bonchev–Trinajstić information content (AvgIpc) is 2.40. The Morgan fingerprint density at radius 3 is 2.55 bits per heavy atom. The van der Waals surface area contributed by atoms with E-state index < -0.39 is 0 Å². The normalized spacial score (nSPS) is 12.3. The Labute approximate surface area is 141 Å². The van der Waals surface area contributed by atoms with E-state index in [4.69, 9.17) is 34.8 Å². The van der Waals surface area contributed by atoms with Gasteiger partial charge in [0.1, 0.15) is 4.60 Å². The van der Waals surface area contributed by atoms with Crippen molar-refractivity contribution in [3.63, 3.8) is 0 Å². The second kappa shape index (κ2) is 6.52. The van der Waals surface area contributed by atoms with Gasteiger partial charge in [-0.1, -0.05) is 40.9 Å².